The molecule has 0 atom stereocenters. The summed E-state index contributed by atoms with van der Waals surface area (Å²) in [6.45, 7) is 1.81. The van der Waals surface area contributed by atoms with Crippen LogP contribution in [0.25, 0.3) is 5.82 Å². The fraction of sp³-hybridized carbons (Fsp3) is 0.0909. The molecule has 0 spiro atoms. The molecule has 3 heterocycles. The van der Waals surface area contributed by atoms with E-state index in [2.05, 4.69) is 30.7 Å². The van der Waals surface area contributed by atoms with Crippen LogP contribution in [0.2, 0.25) is 0 Å². The molecule has 0 bridgehead atoms. The first-order valence-corrected chi connectivity index (χ1v) is 6.47. The van der Waals surface area contributed by atoms with Crippen molar-refractivity contribution in [3.05, 3.63) is 41.6 Å². The summed E-state index contributed by atoms with van der Waals surface area (Å²) in [7, 11) is 0. The van der Waals surface area contributed by atoms with Gasteiger partial charge in [0, 0.05) is 12.4 Å². The Morgan fingerprint density at radius 2 is 2.15 bits per heavy atom. The molecule has 20 heavy (non-hydrogen) atoms. The third-order valence-electron chi connectivity index (χ3n) is 2.40. The Morgan fingerprint density at radius 3 is 2.75 bits per heavy atom. The van der Waals surface area contributed by atoms with E-state index in [1.807, 2.05) is 6.92 Å². The molecule has 0 fully saturated rings. The summed E-state index contributed by atoms with van der Waals surface area (Å²) < 4.78 is 1.70. The molecule has 0 saturated carbocycles. The zero-order chi connectivity index (χ0) is 13.9. The Bertz CT molecular complexity index is 720. The van der Waals surface area contributed by atoms with E-state index in [1.54, 1.807) is 35.4 Å². The van der Waals surface area contributed by atoms with Crippen LogP contribution in [0.5, 0.6) is 0 Å². The summed E-state index contributed by atoms with van der Waals surface area (Å²) in [5.74, 6) is 0.219. The van der Waals surface area contributed by atoms with Crippen molar-refractivity contribution in [2.24, 2.45) is 0 Å². The van der Waals surface area contributed by atoms with Crippen LogP contribution in [-0.4, -0.2) is 35.9 Å². The van der Waals surface area contributed by atoms with Gasteiger partial charge in [0.15, 0.2) is 11.5 Å². The van der Waals surface area contributed by atoms with E-state index in [-0.39, 0.29) is 11.6 Å². The summed E-state index contributed by atoms with van der Waals surface area (Å²) >= 11 is 1.30. The van der Waals surface area contributed by atoms with Crippen LogP contribution in [0.3, 0.4) is 0 Å². The van der Waals surface area contributed by atoms with Gasteiger partial charge in [0.05, 0.1) is 0 Å². The Morgan fingerprint density at radius 1 is 1.25 bits per heavy atom. The van der Waals surface area contributed by atoms with Crippen LogP contribution in [0.1, 0.15) is 15.5 Å². The molecule has 1 amide bonds. The van der Waals surface area contributed by atoms with E-state index < -0.39 is 0 Å². The SMILES string of the molecule is Cc1nnc(NC(=O)c2ccc(-n3ccnc3)nn2)s1. The van der Waals surface area contributed by atoms with Gasteiger partial charge in [-0.1, -0.05) is 11.3 Å². The second kappa shape index (κ2) is 5.13. The number of aryl methyl sites for hydroxylation is 1. The van der Waals surface area contributed by atoms with Gasteiger partial charge in [-0.2, -0.15) is 0 Å². The lowest BCUT2D eigenvalue weighted by atomic mass is 10.3. The van der Waals surface area contributed by atoms with E-state index in [0.717, 1.165) is 5.01 Å². The van der Waals surface area contributed by atoms with Crippen LogP contribution >= 0.6 is 11.3 Å². The highest BCUT2D eigenvalue weighted by Crippen LogP contribution is 2.14. The lowest BCUT2D eigenvalue weighted by molar-refractivity contribution is 0.102. The molecule has 1 N–H and O–H groups in total. The first kappa shape index (κ1) is 12.4. The van der Waals surface area contributed by atoms with E-state index in [0.29, 0.717) is 10.9 Å². The maximum atomic E-state index is 11.9. The molecule has 0 radical (unpaired) electrons. The number of nitrogens with zero attached hydrogens (tertiary/aromatic N) is 6. The second-order valence-electron chi connectivity index (χ2n) is 3.83. The number of rotatable bonds is 3. The van der Waals surface area contributed by atoms with Crippen molar-refractivity contribution in [1.29, 1.82) is 0 Å². The fourth-order valence-electron chi connectivity index (χ4n) is 1.49. The van der Waals surface area contributed by atoms with E-state index in [4.69, 9.17) is 0 Å². The normalized spacial score (nSPS) is 10.4. The number of amides is 1. The molecule has 100 valence electrons. The minimum atomic E-state index is -0.370. The number of carbonyl (C=O) groups excluding carboxylic acids is 1. The molecule has 0 aliphatic carbocycles. The predicted molar refractivity (Wildman–Crippen MR) is 71.8 cm³/mol. The Labute approximate surface area is 117 Å². The predicted octanol–water partition coefficient (Wildman–Crippen LogP) is 1.07. The summed E-state index contributed by atoms with van der Waals surface area (Å²) in [5.41, 5.74) is 0.210. The number of anilines is 1. The molecule has 3 rings (SSSR count). The van der Waals surface area contributed by atoms with Gasteiger partial charge in [-0.05, 0) is 19.1 Å². The first-order valence-electron chi connectivity index (χ1n) is 5.66. The lowest BCUT2D eigenvalue weighted by Gasteiger charge is -2.02. The van der Waals surface area contributed by atoms with Crippen LogP contribution in [-0.2, 0) is 0 Å². The number of aromatic nitrogens is 6. The van der Waals surface area contributed by atoms with Gasteiger partial charge in [0.25, 0.3) is 5.91 Å². The zero-order valence-corrected chi connectivity index (χ0v) is 11.2. The van der Waals surface area contributed by atoms with Crippen molar-refractivity contribution in [1.82, 2.24) is 29.9 Å². The standard InChI is InChI=1S/C11H9N7OS/c1-7-14-17-11(20-7)13-10(19)8-2-3-9(16-15-8)18-5-4-12-6-18/h2-6H,1H3,(H,13,17,19). The average molecular weight is 287 g/mol. The zero-order valence-electron chi connectivity index (χ0n) is 10.4. The van der Waals surface area contributed by atoms with Gasteiger partial charge in [0.1, 0.15) is 11.3 Å². The van der Waals surface area contributed by atoms with Gasteiger partial charge in [-0.3, -0.25) is 14.7 Å². The van der Waals surface area contributed by atoms with Gasteiger partial charge in [0.2, 0.25) is 5.13 Å². The quantitative estimate of drug-likeness (QED) is 0.773. The molecule has 9 heteroatoms. The van der Waals surface area contributed by atoms with Crippen molar-refractivity contribution in [2.45, 2.75) is 6.92 Å². The van der Waals surface area contributed by atoms with E-state index >= 15 is 0 Å². The molecule has 0 saturated heterocycles. The summed E-state index contributed by atoms with van der Waals surface area (Å²) in [6, 6.07) is 3.28. The fourth-order valence-corrected chi connectivity index (χ4v) is 2.07. The average Bonchev–Trinajstić information content (AvgIpc) is 3.11. The monoisotopic (exact) mass is 287 g/mol. The van der Waals surface area contributed by atoms with Crippen LogP contribution in [0.15, 0.2) is 30.9 Å². The number of hydrogen-bond donors (Lipinski definition) is 1. The molecule has 3 aromatic rings. The topological polar surface area (TPSA) is 98.5 Å². The molecule has 0 aliphatic rings. The second-order valence-corrected chi connectivity index (χ2v) is 5.01. The number of carbonyl (C=O) groups is 1. The van der Waals surface area contributed by atoms with Crippen molar-refractivity contribution in [3.8, 4) is 5.82 Å². The summed E-state index contributed by atoms with van der Waals surface area (Å²) in [4.78, 5) is 15.8. The Balaban J connectivity index is 1.75. The largest absolute Gasteiger partial charge is 0.295 e. The molecule has 3 aromatic heterocycles. The third-order valence-corrected chi connectivity index (χ3v) is 3.15. The van der Waals surface area contributed by atoms with Crippen molar-refractivity contribution in [3.63, 3.8) is 0 Å². The van der Waals surface area contributed by atoms with E-state index in [1.165, 1.54) is 11.3 Å². The highest BCUT2D eigenvalue weighted by atomic mass is 32.1. The minimum absolute atomic E-state index is 0.210. The van der Waals surface area contributed by atoms with Gasteiger partial charge >= 0.3 is 0 Å². The summed E-state index contributed by atoms with van der Waals surface area (Å²) in [6.07, 6.45) is 4.99. The minimum Gasteiger partial charge on any atom is -0.295 e. The van der Waals surface area contributed by atoms with Crippen LogP contribution in [0, 0.1) is 6.92 Å². The van der Waals surface area contributed by atoms with Gasteiger partial charge in [-0.15, -0.1) is 20.4 Å². The smallest absolute Gasteiger partial charge is 0.278 e. The number of nitrogens with one attached hydrogen (secondary N) is 1. The van der Waals surface area contributed by atoms with Crippen molar-refractivity contribution in [2.75, 3.05) is 5.32 Å². The van der Waals surface area contributed by atoms with Crippen molar-refractivity contribution >= 4 is 22.4 Å². The maximum Gasteiger partial charge on any atom is 0.278 e. The van der Waals surface area contributed by atoms with Crippen LogP contribution < -0.4 is 5.32 Å². The lowest BCUT2D eigenvalue weighted by Crippen LogP contribution is -2.14. The highest BCUT2D eigenvalue weighted by Gasteiger charge is 2.11. The molecule has 0 unspecified atom stereocenters. The van der Waals surface area contributed by atoms with Gasteiger partial charge in [-0.25, -0.2) is 4.98 Å². The molecular weight excluding hydrogens is 278 g/mol. The Hall–Kier alpha value is -2.68. The molecule has 0 aliphatic heterocycles. The molecule has 8 nitrogen and oxygen atoms in total. The van der Waals surface area contributed by atoms with Gasteiger partial charge < -0.3 is 0 Å². The first-order chi connectivity index (χ1) is 9.72. The number of imidazole rings is 1. The molecular formula is C11H9N7OS. The van der Waals surface area contributed by atoms with Crippen molar-refractivity contribution < 1.29 is 4.79 Å². The molecule has 0 aromatic carbocycles. The summed E-state index contributed by atoms with van der Waals surface area (Å²) in [5, 5.41) is 19.3. The highest BCUT2D eigenvalue weighted by molar-refractivity contribution is 7.15. The van der Waals surface area contributed by atoms with Crippen LogP contribution in [0.4, 0.5) is 5.13 Å². The third kappa shape index (κ3) is 2.52. The Kier molecular flexibility index (Phi) is 3.17. The maximum absolute atomic E-state index is 11.9. The van der Waals surface area contributed by atoms with E-state index in [9.17, 15) is 4.79 Å². The number of hydrogen-bond acceptors (Lipinski definition) is 7.